The Morgan fingerprint density at radius 2 is 0.954 bits per heavy atom. The summed E-state index contributed by atoms with van der Waals surface area (Å²) in [5.41, 5.74) is 0.152. The van der Waals surface area contributed by atoms with Gasteiger partial charge in [-0.15, -0.1) is 0 Å². The van der Waals surface area contributed by atoms with Crippen LogP contribution in [-0.2, 0) is 61.9 Å². The first-order valence-electron chi connectivity index (χ1n) is 22.1. The van der Waals surface area contributed by atoms with Gasteiger partial charge >= 0.3 is 23.9 Å². The van der Waals surface area contributed by atoms with Gasteiger partial charge in [0.1, 0.15) is 32.2 Å². The lowest BCUT2D eigenvalue weighted by Crippen LogP contribution is -2.58. The number of ether oxygens (including phenoxy) is 8. The summed E-state index contributed by atoms with van der Waals surface area (Å²) in [6.07, 6.45) is 3.91. The third-order valence-corrected chi connectivity index (χ3v) is 11.0. The highest BCUT2D eigenvalue weighted by molar-refractivity contribution is 6.03. The van der Waals surface area contributed by atoms with Gasteiger partial charge in [0, 0.05) is 101 Å². The number of carbonyl (C=O) groups is 6. The van der Waals surface area contributed by atoms with Gasteiger partial charge in [0.15, 0.2) is 5.78 Å². The number of hydrogen-bond acceptors (Lipinski definition) is 18. The molecule has 0 spiro atoms. The van der Waals surface area contributed by atoms with E-state index in [9.17, 15) is 28.8 Å². The molecule has 0 aromatic heterocycles. The van der Waals surface area contributed by atoms with Crippen LogP contribution in [0, 0.1) is 5.41 Å². The Balaban J connectivity index is 1.43. The number of benzene rings is 1. The summed E-state index contributed by atoms with van der Waals surface area (Å²) in [5, 5.41) is 0. The number of nitrogens with zero attached hydrogens (tertiary/aromatic N) is 4. The average molecular weight is 915 g/mol. The fraction of sp³-hybridized carbons (Fsp3) is 0.617. The van der Waals surface area contributed by atoms with E-state index in [2.05, 4.69) is 39.3 Å². The van der Waals surface area contributed by atoms with Crippen LogP contribution in [0.25, 0.3) is 0 Å². The average Bonchev–Trinajstić information content (AvgIpc) is 3.31. The van der Waals surface area contributed by atoms with Gasteiger partial charge in [0.05, 0.1) is 70.2 Å². The van der Waals surface area contributed by atoms with Crippen LogP contribution in [0.4, 0.5) is 5.69 Å². The third kappa shape index (κ3) is 20.5. The van der Waals surface area contributed by atoms with Crippen molar-refractivity contribution in [2.45, 2.75) is 39.2 Å². The first-order valence-corrected chi connectivity index (χ1v) is 22.1. The Hall–Kier alpha value is -4.82. The fourth-order valence-corrected chi connectivity index (χ4v) is 7.12. The molecule has 65 heavy (non-hydrogen) atoms. The maximum Gasteiger partial charge on any atom is 0.330 e. The van der Waals surface area contributed by atoms with Gasteiger partial charge < -0.3 is 47.7 Å². The summed E-state index contributed by atoms with van der Waals surface area (Å²) in [5.74, 6) is -1.84. The van der Waals surface area contributed by atoms with Gasteiger partial charge in [0.25, 0.3) is 0 Å². The molecular formula is C47H70N4O14. The quantitative estimate of drug-likeness (QED) is 0.0329. The van der Waals surface area contributed by atoms with Crippen molar-refractivity contribution >= 4 is 41.1 Å². The van der Waals surface area contributed by atoms with Crippen molar-refractivity contribution < 1.29 is 66.7 Å². The number of carbonyl (C=O) groups excluding carboxylic acids is 6. The fourth-order valence-electron chi connectivity index (χ4n) is 7.12. The molecule has 0 amide bonds. The first-order chi connectivity index (χ1) is 31.2. The van der Waals surface area contributed by atoms with Crippen molar-refractivity contribution in [2.75, 3.05) is 150 Å². The second-order valence-electron chi connectivity index (χ2n) is 16.3. The Morgan fingerprint density at radius 3 is 1.37 bits per heavy atom. The zero-order valence-corrected chi connectivity index (χ0v) is 38.6. The molecule has 0 atom stereocenters. The zero-order chi connectivity index (χ0) is 47.5. The normalized spacial score (nSPS) is 15.2. The molecule has 1 aromatic rings. The summed E-state index contributed by atoms with van der Waals surface area (Å²) in [6.45, 7) is 23.6. The van der Waals surface area contributed by atoms with Crippen molar-refractivity contribution in [1.82, 2.24) is 14.7 Å². The second kappa shape index (κ2) is 29.7. The van der Waals surface area contributed by atoms with Crippen LogP contribution in [0.1, 0.15) is 44.0 Å². The first kappa shape index (κ1) is 54.5. The van der Waals surface area contributed by atoms with E-state index >= 15 is 0 Å². The predicted molar refractivity (Wildman–Crippen MR) is 242 cm³/mol. The largest absolute Gasteiger partial charge is 0.463 e. The van der Waals surface area contributed by atoms with Gasteiger partial charge in [-0.1, -0.05) is 19.7 Å². The summed E-state index contributed by atoms with van der Waals surface area (Å²) >= 11 is 0. The van der Waals surface area contributed by atoms with Crippen molar-refractivity contribution in [3.8, 4) is 0 Å². The number of Topliss-reactive ketones (excluding diaryl/α,β-unsaturated/α-hetero) is 2. The molecule has 3 rings (SSSR count). The Kier molecular flexibility index (Phi) is 24.9. The van der Waals surface area contributed by atoms with Gasteiger partial charge in [-0.3, -0.25) is 24.2 Å². The molecule has 18 nitrogen and oxygen atoms in total. The maximum absolute atomic E-state index is 13.7. The third-order valence-electron chi connectivity index (χ3n) is 11.0. The highest BCUT2D eigenvalue weighted by atomic mass is 16.6. The lowest BCUT2D eigenvalue weighted by molar-refractivity contribution is -0.149. The van der Waals surface area contributed by atoms with Gasteiger partial charge in [0.2, 0.25) is 0 Å². The van der Waals surface area contributed by atoms with Crippen LogP contribution < -0.4 is 4.90 Å². The number of esters is 4. The van der Waals surface area contributed by atoms with Crippen LogP contribution in [0.5, 0.6) is 0 Å². The molecule has 0 unspecified atom stereocenters. The summed E-state index contributed by atoms with van der Waals surface area (Å²) in [6, 6.07) is 7.84. The molecular weight excluding hydrogens is 845 g/mol. The highest BCUT2D eigenvalue weighted by Crippen LogP contribution is 2.25. The number of rotatable bonds is 33. The molecule has 0 N–H and O–H groups in total. The molecule has 362 valence electrons. The molecule has 2 heterocycles. The summed E-state index contributed by atoms with van der Waals surface area (Å²) in [7, 11) is 0. The van der Waals surface area contributed by atoms with E-state index < -0.39 is 28.9 Å². The van der Waals surface area contributed by atoms with Crippen LogP contribution >= 0.6 is 0 Å². The second-order valence-corrected chi connectivity index (χ2v) is 16.3. The predicted octanol–water partition coefficient (Wildman–Crippen LogP) is 2.54. The van der Waals surface area contributed by atoms with Crippen molar-refractivity contribution in [3.63, 3.8) is 0 Å². The smallest absolute Gasteiger partial charge is 0.330 e. The van der Waals surface area contributed by atoms with Crippen LogP contribution in [-0.4, -0.2) is 200 Å². The number of hydrogen-bond donors (Lipinski definition) is 0. The van der Waals surface area contributed by atoms with E-state index in [0.717, 1.165) is 82.8 Å². The summed E-state index contributed by atoms with van der Waals surface area (Å²) < 4.78 is 43.9. The minimum Gasteiger partial charge on any atom is -0.463 e. The summed E-state index contributed by atoms with van der Waals surface area (Å²) in [4.78, 5) is 81.2. The molecule has 2 aliphatic heterocycles. The van der Waals surface area contributed by atoms with Gasteiger partial charge in [-0.25, -0.2) is 14.4 Å². The molecule has 2 fully saturated rings. The maximum atomic E-state index is 13.7. The number of anilines is 1. The molecule has 0 saturated carbocycles. The number of ketones is 2. The van der Waals surface area contributed by atoms with Crippen molar-refractivity contribution in [2.24, 2.45) is 5.41 Å². The monoisotopic (exact) mass is 914 g/mol. The van der Waals surface area contributed by atoms with E-state index in [-0.39, 0.29) is 103 Å². The van der Waals surface area contributed by atoms with Crippen molar-refractivity contribution in [1.29, 1.82) is 0 Å². The molecule has 2 saturated heterocycles. The molecule has 2 aliphatic rings. The van der Waals surface area contributed by atoms with Gasteiger partial charge in [-0.05, 0) is 45.0 Å². The van der Waals surface area contributed by atoms with Crippen LogP contribution in [0.15, 0.2) is 62.2 Å². The SMILES string of the molecule is C=CC(=O)OCCOCC(COCCOC(=O)C=C)(COCCOC(=O)C=C)COCCOC(=O)CCN1CCN(c2ccc(C(=O)C(C)(C)N3CCN(CCC(C)=O)CC3)cc2)CC1. The Labute approximate surface area is 383 Å². The Morgan fingerprint density at radius 1 is 0.554 bits per heavy atom. The van der Waals surface area contributed by atoms with Gasteiger partial charge in [-0.2, -0.15) is 0 Å². The Bertz CT molecular complexity index is 1610. The van der Waals surface area contributed by atoms with E-state index in [1.807, 2.05) is 38.1 Å². The molecule has 18 heteroatoms. The van der Waals surface area contributed by atoms with E-state index in [4.69, 9.17) is 37.9 Å². The lowest BCUT2D eigenvalue weighted by atomic mass is 9.90. The topological polar surface area (TPSA) is 189 Å². The van der Waals surface area contributed by atoms with Crippen LogP contribution in [0.2, 0.25) is 0 Å². The minimum absolute atomic E-state index is 0.00626. The zero-order valence-electron chi connectivity index (χ0n) is 38.6. The molecule has 0 bridgehead atoms. The minimum atomic E-state index is -0.925. The van der Waals surface area contributed by atoms with E-state index in [0.29, 0.717) is 18.5 Å². The lowest BCUT2D eigenvalue weighted by Gasteiger charge is -2.43. The standard InChI is InChI=1S/C47H70N4O14/c1-7-41(53)62-30-26-58-34-47(35-59-27-31-63-42(54)8-2,36-60-28-32-64-43(55)9-3)37-61-29-33-65-44(56)15-17-49-18-22-50(23-19-49)40-12-10-39(11-13-40)45(57)46(5,6)51-24-20-48(21-25-51)16-14-38(4)52/h7-13H,1-3,14-37H2,4-6H3. The molecule has 0 radical (unpaired) electrons. The molecule has 0 aliphatic carbocycles. The van der Waals surface area contributed by atoms with Crippen LogP contribution in [0.3, 0.4) is 0 Å². The number of piperazine rings is 2. The van der Waals surface area contributed by atoms with E-state index in [1.54, 1.807) is 6.92 Å². The van der Waals surface area contributed by atoms with Crippen molar-refractivity contribution in [3.05, 3.63) is 67.8 Å². The molecule has 1 aromatic carbocycles. The van der Waals surface area contributed by atoms with E-state index in [1.165, 1.54) is 0 Å². The highest BCUT2D eigenvalue weighted by Gasteiger charge is 2.37.